The Morgan fingerprint density at radius 1 is 0.963 bits per heavy atom. The van der Waals surface area contributed by atoms with Gasteiger partial charge in [-0.15, -0.1) is 0 Å². The summed E-state index contributed by atoms with van der Waals surface area (Å²) in [5.41, 5.74) is 3.26. The van der Waals surface area contributed by atoms with Crippen LogP contribution in [0.3, 0.4) is 0 Å². The smallest absolute Gasteiger partial charge is 0.236 e. The van der Waals surface area contributed by atoms with Crippen LogP contribution in [-0.2, 0) is 9.59 Å². The van der Waals surface area contributed by atoms with Gasteiger partial charge in [0, 0.05) is 44.1 Å². The van der Waals surface area contributed by atoms with E-state index in [1.54, 1.807) is 4.90 Å². The summed E-state index contributed by atoms with van der Waals surface area (Å²) in [5, 5.41) is 0. The Morgan fingerprint density at radius 3 is 2.30 bits per heavy atom. The van der Waals surface area contributed by atoms with Crippen LogP contribution in [0.15, 0.2) is 54.6 Å². The van der Waals surface area contributed by atoms with E-state index in [0.717, 1.165) is 18.8 Å². The van der Waals surface area contributed by atoms with E-state index in [9.17, 15) is 9.59 Å². The number of amides is 2. The summed E-state index contributed by atoms with van der Waals surface area (Å²) in [4.78, 5) is 31.0. The number of carbonyl (C=O) groups is 2. The molecule has 1 heterocycles. The third-order valence-electron chi connectivity index (χ3n) is 4.99. The lowest BCUT2D eigenvalue weighted by Gasteiger charge is -2.36. The minimum Gasteiger partial charge on any atom is -0.368 e. The van der Waals surface area contributed by atoms with Gasteiger partial charge in [0.2, 0.25) is 11.8 Å². The molecule has 1 fully saturated rings. The monoisotopic (exact) mass is 365 g/mol. The molecule has 2 aromatic rings. The van der Waals surface area contributed by atoms with E-state index in [2.05, 4.69) is 36.1 Å². The first-order valence-electron chi connectivity index (χ1n) is 9.53. The molecule has 2 aromatic carbocycles. The number of hydrogen-bond acceptors (Lipinski definition) is 3. The minimum absolute atomic E-state index is 0.0762. The molecule has 0 bridgehead atoms. The van der Waals surface area contributed by atoms with E-state index in [4.69, 9.17) is 0 Å². The summed E-state index contributed by atoms with van der Waals surface area (Å²) in [6.45, 7) is 7.45. The maximum Gasteiger partial charge on any atom is 0.236 e. The van der Waals surface area contributed by atoms with Crippen molar-refractivity contribution in [2.45, 2.75) is 20.3 Å². The van der Waals surface area contributed by atoms with E-state index in [-0.39, 0.29) is 18.2 Å². The molecular formula is C22H27N3O2. The van der Waals surface area contributed by atoms with E-state index >= 15 is 0 Å². The molecule has 5 heteroatoms. The molecule has 0 aliphatic carbocycles. The molecule has 0 atom stereocenters. The Labute approximate surface area is 161 Å². The highest BCUT2D eigenvalue weighted by Gasteiger charge is 2.25. The van der Waals surface area contributed by atoms with Gasteiger partial charge < -0.3 is 14.7 Å². The first kappa shape index (κ1) is 19.0. The van der Waals surface area contributed by atoms with Crippen LogP contribution in [0.4, 0.5) is 11.4 Å². The molecule has 5 nitrogen and oxygen atoms in total. The lowest BCUT2D eigenvalue weighted by atomic mass is 10.2. The van der Waals surface area contributed by atoms with Gasteiger partial charge in [-0.25, -0.2) is 0 Å². The number of anilines is 2. The number of nitrogens with zero attached hydrogens (tertiary/aromatic N) is 3. The first-order valence-corrected chi connectivity index (χ1v) is 9.53. The van der Waals surface area contributed by atoms with Gasteiger partial charge in [0.25, 0.3) is 0 Å². The Bertz CT molecular complexity index is 783. The molecule has 0 unspecified atom stereocenters. The number of carbonyl (C=O) groups excluding carboxylic acids is 2. The molecule has 1 saturated heterocycles. The van der Waals surface area contributed by atoms with Gasteiger partial charge in [-0.1, -0.05) is 30.3 Å². The molecular weight excluding hydrogens is 338 g/mol. The second-order valence-electron chi connectivity index (χ2n) is 6.86. The fraction of sp³-hybridized carbons (Fsp3) is 0.364. The molecule has 1 aliphatic heterocycles. The van der Waals surface area contributed by atoms with E-state index in [0.29, 0.717) is 19.6 Å². The molecule has 27 heavy (non-hydrogen) atoms. The molecule has 3 rings (SSSR count). The molecule has 142 valence electrons. The Kier molecular flexibility index (Phi) is 6.12. The summed E-state index contributed by atoms with van der Waals surface area (Å²) in [7, 11) is 0. The van der Waals surface area contributed by atoms with Crippen LogP contribution in [0.25, 0.3) is 0 Å². The SMILES string of the molecule is CCN(C(=O)CC(=O)N1CCN(c2cccc(C)c2)CC1)c1ccccc1. The highest BCUT2D eigenvalue weighted by Crippen LogP contribution is 2.19. The van der Waals surface area contributed by atoms with Crippen molar-refractivity contribution in [2.24, 2.45) is 0 Å². The highest BCUT2D eigenvalue weighted by atomic mass is 16.2. The second-order valence-corrected chi connectivity index (χ2v) is 6.86. The lowest BCUT2D eigenvalue weighted by molar-refractivity contribution is -0.135. The zero-order valence-electron chi connectivity index (χ0n) is 16.1. The summed E-state index contributed by atoms with van der Waals surface area (Å²) < 4.78 is 0. The number of rotatable bonds is 5. The van der Waals surface area contributed by atoms with E-state index < -0.39 is 0 Å². The molecule has 0 saturated carbocycles. The average Bonchev–Trinajstić information content (AvgIpc) is 2.69. The number of para-hydroxylation sites is 1. The lowest BCUT2D eigenvalue weighted by Crippen LogP contribution is -2.49. The quantitative estimate of drug-likeness (QED) is 0.765. The average molecular weight is 365 g/mol. The van der Waals surface area contributed by atoms with Gasteiger partial charge in [-0.05, 0) is 43.7 Å². The van der Waals surface area contributed by atoms with Crippen molar-refractivity contribution in [1.82, 2.24) is 4.90 Å². The summed E-state index contributed by atoms with van der Waals surface area (Å²) >= 11 is 0. The van der Waals surface area contributed by atoms with Crippen LogP contribution >= 0.6 is 0 Å². The summed E-state index contributed by atoms with van der Waals surface area (Å²) in [6, 6.07) is 17.9. The van der Waals surface area contributed by atoms with Crippen molar-refractivity contribution in [3.05, 3.63) is 60.2 Å². The third kappa shape index (κ3) is 4.67. The van der Waals surface area contributed by atoms with Gasteiger partial charge in [0.05, 0.1) is 0 Å². The van der Waals surface area contributed by atoms with E-state index in [1.165, 1.54) is 11.3 Å². The molecule has 0 N–H and O–H groups in total. The number of hydrogen-bond donors (Lipinski definition) is 0. The number of benzene rings is 2. The van der Waals surface area contributed by atoms with Crippen molar-refractivity contribution in [3.8, 4) is 0 Å². The second kappa shape index (κ2) is 8.71. The van der Waals surface area contributed by atoms with Crippen LogP contribution < -0.4 is 9.80 Å². The van der Waals surface area contributed by atoms with Crippen LogP contribution in [0, 0.1) is 6.92 Å². The molecule has 1 aliphatic rings. The largest absolute Gasteiger partial charge is 0.368 e. The van der Waals surface area contributed by atoms with Crippen molar-refractivity contribution in [1.29, 1.82) is 0 Å². The first-order chi connectivity index (χ1) is 13.1. The third-order valence-corrected chi connectivity index (χ3v) is 4.99. The van der Waals surface area contributed by atoms with Gasteiger partial charge >= 0.3 is 0 Å². The number of aryl methyl sites for hydroxylation is 1. The van der Waals surface area contributed by atoms with Crippen molar-refractivity contribution >= 4 is 23.2 Å². The van der Waals surface area contributed by atoms with Crippen LogP contribution in [0.5, 0.6) is 0 Å². The topological polar surface area (TPSA) is 43.9 Å². The molecule has 0 aromatic heterocycles. The zero-order chi connectivity index (χ0) is 19.2. The maximum atomic E-state index is 12.6. The highest BCUT2D eigenvalue weighted by molar-refractivity contribution is 6.05. The minimum atomic E-state index is -0.144. The van der Waals surface area contributed by atoms with Crippen molar-refractivity contribution in [3.63, 3.8) is 0 Å². The van der Waals surface area contributed by atoms with Crippen LogP contribution in [0.1, 0.15) is 18.9 Å². The predicted octanol–water partition coefficient (Wildman–Crippen LogP) is 3.09. The molecule has 0 radical (unpaired) electrons. The Morgan fingerprint density at radius 2 is 1.67 bits per heavy atom. The van der Waals surface area contributed by atoms with Gasteiger partial charge in [-0.3, -0.25) is 9.59 Å². The predicted molar refractivity (Wildman–Crippen MR) is 109 cm³/mol. The Balaban J connectivity index is 1.55. The molecule has 0 spiro atoms. The van der Waals surface area contributed by atoms with Crippen molar-refractivity contribution < 1.29 is 9.59 Å². The fourth-order valence-corrected chi connectivity index (χ4v) is 3.49. The van der Waals surface area contributed by atoms with Crippen LogP contribution in [-0.4, -0.2) is 49.4 Å². The van der Waals surface area contributed by atoms with Gasteiger partial charge in [-0.2, -0.15) is 0 Å². The zero-order valence-corrected chi connectivity index (χ0v) is 16.1. The Hall–Kier alpha value is -2.82. The van der Waals surface area contributed by atoms with Gasteiger partial charge in [0.15, 0.2) is 0 Å². The van der Waals surface area contributed by atoms with Crippen molar-refractivity contribution in [2.75, 3.05) is 42.5 Å². The standard InChI is InChI=1S/C22H27N3O2/c1-3-25(19-9-5-4-6-10-19)22(27)17-21(26)24-14-12-23(13-15-24)20-11-7-8-18(2)16-20/h4-11,16H,3,12-15,17H2,1-2H3. The molecule has 2 amide bonds. The van der Waals surface area contributed by atoms with Gasteiger partial charge in [0.1, 0.15) is 6.42 Å². The van der Waals surface area contributed by atoms with Crippen LogP contribution in [0.2, 0.25) is 0 Å². The summed E-state index contributed by atoms with van der Waals surface area (Å²) in [5.74, 6) is -0.229. The fourth-order valence-electron chi connectivity index (χ4n) is 3.49. The summed E-state index contributed by atoms with van der Waals surface area (Å²) in [6.07, 6.45) is -0.0762. The number of piperazine rings is 1. The van der Waals surface area contributed by atoms with E-state index in [1.807, 2.05) is 42.2 Å². The normalized spacial score (nSPS) is 14.1. The maximum absolute atomic E-state index is 12.6.